The molecule has 1 atom stereocenters. The maximum atomic E-state index is 3.75. The first-order valence-corrected chi connectivity index (χ1v) is 9.73. The van der Waals surface area contributed by atoms with E-state index in [9.17, 15) is 0 Å². The molecule has 0 spiro atoms. The molecule has 3 heteroatoms. The van der Waals surface area contributed by atoms with Gasteiger partial charge in [-0.15, -0.1) is 0 Å². The van der Waals surface area contributed by atoms with Gasteiger partial charge >= 0.3 is 0 Å². The Kier molecular flexibility index (Phi) is 6.70. The van der Waals surface area contributed by atoms with Crippen molar-refractivity contribution >= 4 is 11.8 Å². The van der Waals surface area contributed by atoms with Crippen molar-refractivity contribution in [2.24, 2.45) is 11.3 Å². The Hall–Kier alpha value is 0.270. The van der Waals surface area contributed by atoms with Crippen LogP contribution >= 0.6 is 11.8 Å². The predicted molar refractivity (Wildman–Crippen MR) is 91.6 cm³/mol. The van der Waals surface area contributed by atoms with Crippen LogP contribution in [-0.2, 0) is 0 Å². The van der Waals surface area contributed by atoms with Gasteiger partial charge < -0.3 is 10.2 Å². The van der Waals surface area contributed by atoms with Gasteiger partial charge in [0.2, 0.25) is 0 Å². The summed E-state index contributed by atoms with van der Waals surface area (Å²) in [6, 6.07) is 0. The van der Waals surface area contributed by atoms with Crippen LogP contribution in [0.5, 0.6) is 0 Å². The van der Waals surface area contributed by atoms with Gasteiger partial charge in [-0.3, -0.25) is 0 Å². The third kappa shape index (κ3) is 4.92. The largest absolute Gasteiger partial charge is 0.316 e. The van der Waals surface area contributed by atoms with Gasteiger partial charge in [0.1, 0.15) is 0 Å². The summed E-state index contributed by atoms with van der Waals surface area (Å²) < 4.78 is 0. The highest BCUT2D eigenvalue weighted by Crippen LogP contribution is 2.39. The fourth-order valence-electron chi connectivity index (χ4n) is 3.79. The average molecular weight is 299 g/mol. The zero-order valence-electron chi connectivity index (χ0n) is 13.8. The summed E-state index contributed by atoms with van der Waals surface area (Å²) >= 11 is 2.19. The Morgan fingerprint density at radius 2 is 2.05 bits per heavy atom. The second kappa shape index (κ2) is 8.05. The molecule has 2 fully saturated rings. The van der Waals surface area contributed by atoms with Crippen LogP contribution in [0.2, 0.25) is 0 Å². The molecule has 1 unspecified atom stereocenters. The van der Waals surface area contributed by atoms with E-state index >= 15 is 0 Å². The van der Waals surface area contributed by atoms with Crippen molar-refractivity contribution in [2.45, 2.75) is 58.1 Å². The minimum atomic E-state index is 0.579. The molecule has 1 aliphatic carbocycles. The van der Waals surface area contributed by atoms with Crippen molar-refractivity contribution in [3.05, 3.63) is 0 Å². The van der Waals surface area contributed by atoms with Gasteiger partial charge in [-0.05, 0) is 37.1 Å². The molecule has 0 aromatic carbocycles. The maximum absolute atomic E-state index is 3.75. The second-order valence-corrected chi connectivity index (χ2v) is 8.78. The summed E-state index contributed by atoms with van der Waals surface area (Å²) in [6.45, 7) is 13.4. The molecule has 0 bridgehead atoms. The highest BCUT2D eigenvalue weighted by Gasteiger charge is 2.36. The monoisotopic (exact) mass is 298 g/mol. The summed E-state index contributed by atoms with van der Waals surface area (Å²) in [6.07, 6.45) is 7.11. The first-order chi connectivity index (χ1) is 9.63. The molecule has 2 rings (SSSR count). The van der Waals surface area contributed by atoms with Crippen molar-refractivity contribution in [2.75, 3.05) is 38.5 Å². The quantitative estimate of drug-likeness (QED) is 0.773. The number of nitrogens with zero attached hydrogens (tertiary/aromatic N) is 1. The number of rotatable bonds is 7. The Morgan fingerprint density at radius 3 is 2.70 bits per heavy atom. The van der Waals surface area contributed by atoms with E-state index in [1.165, 1.54) is 70.6 Å². The van der Waals surface area contributed by atoms with Crippen LogP contribution in [-0.4, -0.2) is 48.6 Å². The van der Waals surface area contributed by atoms with Crippen LogP contribution in [0.15, 0.2) is 0 Å². The highest BCUT2D eigenvalue weighted by atomic mass is 32.2. The van der Waals surface area contributed by atoms with Crippen LogP contribution in [0, 0.1) is 11.3 Å². The van der Waals surface area contributed by atoms with Gasteiger partial charge in [0, 0.05) is 37.2 Å². The molecule has 1 aliphatic heterocycles. The maximum Gasteiger partial charge on any atom is 0.0172 e. The molecular weight excluding hydrogens is 264 g/mol. The first-order valence-electron chi connectivity index (χ1n) is 8.68. The zero-order chi connectivity index (χ0) is 14.4. The number of thioether (sulfide) groups is 1. The third-order valence-corrected chi connectivity index (χ3v) is 6.33. The molecule has 1 N–H and O–H groups in total. The Morgan fingerprint density at radius 1 is 1.30 bits per heavy atom. The van der Waals surface area contributed by atoms with E-state index in [4.69, 9.17) is 0 Å². The van der Waals surface area contributed by atoms with Gasteiger partial charge in [0.05, 0.1) is 0 Å². The lowest BCUT2D eigenvalue weighted by molar-refractivity contribution is 0.150. The van der Waals surface area contributed by atoms with E-state index in [1.54, 1.807) is 0 Å². The van der Waals surface area contributed by atoms with Gasteiger partial charge in [-0.1, -0.05) is 33.6 Å². The molecule has 0 amide bonds. The minimum absolute atomic E-state index is 0.579. The topological polar surface area (TPSA) is 15.3 Å². The van der Waals surface area contributed by atoms with Crippen molar-refractivity contribution in [3.8, 4) is 0 Å². The van der Waals surface area contributed by atoms with Gasteiger partial charge in [0.15, 0.2) is 0 Å². The summed E-state index contributed by atoms with van der Waals surface area (Å²) in [7, 11) is 0. The molecule has 20 heavy (non-hydrogen) atoms. The van der Waals surface area contributed by atoms with Crippen LogP contribution in [0.3, 0.4) is 0 Å². The normalized spacial score (nSPS) is 27.3. The standard InChI is InChI=1S/C17H34N2S/c1-4-16-12-19(9-10-20-16)14-17(7-5-6-8-17)13-18-11-15(2)3/h15-16,18H,4-14H2,1-3H3. The molecule has 2 aliphatic rings. The fourth-order valence-corrected chi connectivity index (χ4v) is 5.04. The molecule has 0 aromatic rings. The summed E-state index contributed by atoms with van der Waals surface area (Å²) in [5.74, 6) is 2.11. The van der Waals surface area contributed by atoms with Crippen LogP contribution in [0.4, 0.5) is 0 Å². The summed E-state index contributed by atoms with van der Waals surface area (Å²) in [5, 5.41) is 4.63. The van der Waals surface area contributed by atoms with Crippen molar-refractivity contribution in [1.82, 2.24) is 10.2 Å². The number of nitrogens with one attached hydrogen (secondary N) is 1. The molecule has 1 heterocycles. The zero-order valence-corrected chi connectivity index (χ0v) is 14.6. The van der Waals surface area contributed by atoms with Gasteiger partial charge in [-0.2, -0.15) is 11.8 Å². The molecule has 0 aromatic heterocycles. The molecule has 1 saturated carbocycles. The lowest BCUT2D eigenvalue weighted by atomic mass is 9.85. The lowest BCUT2D eigenvalue weighted by Gasteiger charge is -2.39. The van der Waals surface area contributed by atoms with Crippen molar-refractivity contribution < 1.29 is 0 Å². The van der Waals surface area contributed by atoms with E-state index in [1.807, 2.05) is 0 Å². The lowest BCUT2D eigenvalue weighted by Crippen LogP contribution is -2.47. The van der Waals surface area contributed by atoms with Crippen molar-refractivity contribution in [1.29, 1.82) is 0 Å². The van der Waals surface area contributed by atoms with E-state index in [0.717, 1.165) is 11.2 Å². The summed E-state index contributed by atoms with van der Waals surface area (Å²) in [4.78, 5) is 2.77. The molecular formula is C17H34N2S. The average Bonchev–Trinajstić information content (AvgIpc) is 2.87. The fraction of sp³-hybridized carbons (Fsp3) is 1.00. The predicted octanol–water partition coefficient (Wildman–Crippen LogP) is 3.62. The van der Waals surface area contributed by atoms with Crippen LogP contribution in [0.25, 0.3) is 0 Å². The van der Waals surface area contributed by atoms with Crippen LogP contribution < -0.4 is 5.32 Å². The highest BCUT2D eigenvalue weighted by molar-refractivity contribution is 8.00. The summed E-state index contributed by atoms with van der Waals surface area (Å²) in [5.41, 5.74) is 0.579. The van der Waals surface area contributed by atoms with E-state index in [2.05, 4.69) is 42.7 Å². The second-order valence-electron chi connectivity index (χ2n) is 7.37. The first kappa shape index (κ1) is 16.6. The number of hydrogen-bond donors (Lipinski definition) is 1. The Bertz CT molecular complexity index is 274. The molecule has 0 radical (unpaired) electrons. The van der Waals surface area contributed by atoms with Gasteiger partial charge in [-0.25, -0.2) is 0 Å². The SMILES string of the molecule is CCC1CN(CC2(CNCC(C)C)CCCC2)CCS1. The molecule has 2 nitrogen and oxygen atoms in total. The van der Waals surface area contributed by atoms with E-state index in [0.29, 0.717) is 5.41 Å². The number of hydrogen-bond acceptors (Lipinski definition) is 3. The third-order valence-electron chi connectivity index (χ3n) is 4.95. The minimum Gasteiger partial charge on any atom is -0.316 e. The molecule has 118 valence electrons. The van der Waals surface area contributed by atoms with Crippen LogP contribution in [0.1, 0.15) is 52.9 Å². The van der Waals surface area contributed by atoms with Gasteiger partial charge in [0.25, 0.3) is 0 Å². The smallest absolute Gasteiger partial charge is 0.0172 e. The Labute approximate surface area is 130 Å². The van der Waals surface area contributed by atoms with E-state index < -0.39 is 0 Å². The Balaban J connectivity index is 1.84. The van der Waals surface area contributed by atoms with E-state index in [-0.39, 0.29) is 0 Å². The molecule has 1 saturated heterocycles. The van der Waals surface area contributed by atoms with Crippen molar-refractivity contribution in [3.63, 3.8) is 0 Å².